The Morgan fingerprint density at radius 3 is 2.90 bits per heavy atom. The number of halogens is 1. The topological polar surface area (TPSA) is 51.6 Å². The molecule has 20 heavy (non-hydrogen) atoms. The number of rotatable bonds is 3. The van der Waals surface area contributed by atoms with Crippen molar-refractivity contribution in [2.24, 2.45) is 0 Å². The van der Waals surface area contributed by atoms with E-state index in [2.05, 4.69) is 56.6 Å². The third-order valence-electron chi connectivity index (χ3n) is 3.20. The quantitative estimate of drug-likeness (QED) is 0.749. The zero-order chi connectivity index (χ0) is 13.9. The molecule has 0 fully saturated rings. The van der Waals surface area contributed by atoms with Crippen molar-refractivity contribution in [3.8, 4) is 6.07 Å². The monoisotopic (exact) mass is 325 g/mol. The predicted molar refractivity (Wildman–Crippen MR) is 84.5 cm³/mol. The minimum absolute atomic E-state index is 0.641. The number of H-pyrrole nitrogens is 1. The lowest BCUT2D eigenvalue weighted by Gasteiger charge is -2.09. The largest absolute Gasteiger partial charge is 0.380 e. The van der Waals surface area contributed by atoms with E-state index in [1.165, 1.54) is 10.9 Å². The fraction of sp³-hybridized carbons (Fsp3) is 0.0625. The molecule has 0 aliphatic heterocycles. The van der Waals surface area contributed by atoms with Crippen LogP contribution in [0.3, 0.4) is 0 Å². The number of benzene rings is 2. The molecule has 3 aromatic rings. The molecule has 4 heteroatoms. The Labute approximate surface area is 125 Å². The van der Waals surface area contributed by atoms with Crippen LogP contribution in [0.25, 0.3) is 10.9 Å². The van der Waals surface area contributed by atoms with Gasteiger partial charge in [0.25, 0.3) is 0 Å². The summed E-state index contributed by atoms with van der Waals surface area (Å²) >= 11 is 3.37. The highest BCUT2D eigenvalue weighted by Crippen LogP contribution is 2.21. The van der Waals surface area contributed by atoms with Crippen LogP contribution in [0.5, 0.6) is 0 Å². The molecule has 0 saturated carbocycles. The van der Waals surface area contributed by atoms with Gasteiger partial charge in [-0.05, 0) is 47.3 Å². The lowest BCUT2D eigenvalue weighted by Crippen LogP contribution is -2.01. The molecule has 0 spiro atoms. The van der Waals surface area contributed by atoms with Crippen molar-refractivity contribution in [3.05, 3.63) is 64.3 Å². The van der Waals surface area contributed by atoms with E-state index < -0.39 is 0 Å². The standard InChI is InChI=1S/C16H12BrN3/c17-14-2-4-16(13(8-14)9-18)20-10-11-1-3-15-12(7-11)5-6-19-15/h1-8,19-20H,10H2. The number of hydrogen-bond donors (Lipinski definition) is 2. The highest BCUT2D eigenvalue weighted by Gasteiger charge is 2.03. The van der Waals surface area contributed by atoms with Gasteiger partial charge in [0.05, 0.1) is 11.3 Å². The molecule has 1 heterocycles. The molecule has 0 amide bonds. The normalized spacial score (nSPS) is 10.4. The van der Waals surface area contributed by atoms with Gasteiger partial charge in [-0.3, -0.25) is 0 Å². The van der Waals surface area contributed by atoms with Crippen LogP contribution in [0.2, 0.25) is 0 Å². The molecule has 0 bridgehead atoms. The van der Waals surface area contributed by atoms with Crippen molar-refractivity contribution in [2.45, 2.75) is 6.54 Å². The van der Waals surface area contributed by atoms with E-state index in [4.69, 9.17) is 5.26 Å². The lowest BCUT2D eigenvalue weighted by molar-refractivity contribution is 1.15. The van der Waals surface area contributed by atoms with Crippen LogP contribution in [-0.2, 0) is 6.54 Å². The molecule has 3 nitrogen and oxygen atoms in total. The fourth-order valence-corrected chi connectivity index (χ4v) is 2.53. The summed E-state index contributed by atoms with van der Waals surface area (Å²) in [4.78, 5) is 3.18. The van der Waals surface area contributed by atoms with Crippen molar-refractivity contribution in [3.63, 3.8) is 0 Å². The van der Waals surface area contributed by atoms with Crippen molar-refractivity contribution < 1.29 is 0 Å². The van der Waals surface area contributed by atoms with E-state index in [1.807, 2.05) is 24.4 Å². The van der Waals surface area contributed by atoms with E-state index in [0.717, 1.165) is 15.7 Å². The van der Waals surface area contributed by atoms with Crippen molar-refractivity contribution >= 4 is 32.5 Å². The minimum atomic E-state index is 0.641. The third-order valence-corrected chi connectivity index (χ3v) is 3.70. The first-order chi connectivity index (χ1) is 9.76. The molecule has 0 radical (unpaired) electrons. The molecule has 2 N–H and O–H groups in total. The molecule has 1 aromatic heterocycles. The third kappa shape index (κ3) is 2.54. The van der Waals surface area contributed by atoms with Gasteiger partial charge in [0.2, 0.25) is 0 Å². The number of fused-ring (bicyclic) bond motifs is 1. The Bertz CT molecular complexity index is 799. The first-order valence-electron chi connectivity index (χ1n) is 6.26. The van der Waals surface area contributed by atoms with Gasteiger partial charge in [-0.2, -0.15) is 5.26 Å². The average molecular weight is 326 g/mol. The first-order valence-corrected chi connectivity index (χ1v) is 7.05. The van der Waals surface area contributed by atoms with Crippen LogP contribution < -0.4 is 5.32 Å². The average Bonchev–Trinajstić information content (AvgIpc) is 2.93. The number of nitriles is 1. The second-order valence-corrected chi connectivity index (χ2v) is 5.47. The number of aromatic nitrogens is 1. The molecule has 2 aromatic carbocycles. The summed E-state index contributed by atoms with van der Waals surface area (Å²) in [5.74, 6) is 0. The number of nitrogens with zero attached hydrogens (tertiary/aromatic N) is 1. The zero-order valence-corrected chi connectivity index (χ0v) is 12.2. The number of hydrogen-bond acceptors (Lipinski definition) is 2. The van der Waals surface area contributed by atoms with Gasteiger partial charge in [-0.1, -0.05) is 22.0 Å². The Morgan fingerprint density at radius 2 is 2.05 bits per heavy atom. The van der Waals surface area contributed by atoms with Crippen LogP contribution in [0.4, 0.5) is 5.69 Å². The van der Waals surface area contributed by atoms with Gasteiger partial charge in [-0.15, -0.1) is 0 Å². The van der Waals surface area contributed by atoms with Gasteiger partial charge in [0.15, 0.2) is 0 Å². The van der Waals surface area contributed by atoms with E-state index in [1.54, 1.807) is 0 Å². The highest BCUT2D eigenvalue weighted by molar-refractivity contribution is 9.10. The number of nitrogens with one attached hydrogen (secondary N) is 2. The summed E-state index contributed by atoms with van der Waals surface area (Å²) in [6, 6.07) is 16.2. The van der Waals surface area contributed by atoms with Gasteiger partial charge >= 0.3 is 0 Å². The minimum Gasteiger partial charge on any atom is -0.380 e. The Hall–Kier alpha value is -2.25. The molecule has 0 aliphatic carbocycles. The summed E-state index contributed by atoms with van der Waals surface area (Å²) in [6.07, 6.45) is 1.93. The van der Waals surface area contributed by atoms with Crippen molar-refractivity contribution in [2.75, 3.05) is 5.32 Å². The van der Waals surface area contributed by atoms with Crippen molar-refractivity contribution in [1.82, 2.24) is 4.98 Å². The van der Waals surface area contributed by atoms with E-state index in [0.29, 0.717) is 12.1 Å². The maximum Gasteiger partial charge on any atom is 0.101 e. The fourth-order valence-electron chi connectivity index (χ4n) is 2.17. The summed E-state index contributed by atoms with van der Waals surface area (Å²) in [5, 5.41) is 13.6. The van der Waals surface area contributed by atoms with E-state index in [9.17, 15) is 0 Å². The molecular weight excluding hydrogens is 314 g/mol. The lowest BCUT2D eigenvalue weighted by atomic mass is 10.1. The maximum atomic E-state index is 9.14. The molecule has 98 valence electrons. The molecule has 3 rings (SSSR count). The molecule has 0 aliphatic rings. The van der Waals surface area contributed by atoms with Crippen LogP contribution >= 0.6 is 15.9 Å². The highest BCUT2D eigenvalue weighted by atomic mass is 79.9. The Kier molecular flexibility index (Phi) is 3.44. The van der Waals surface area contributed by atoms with Gasteiger partial charge in [0, 0.05) is 22.7 Å². The molecule has 0 atom stereocenters. The summed E-state index contributed by atoms with van der Waals surface area (Å²) < 4.78 is 0.911. The van der Waals surface area contributed by atoms with Crippen molar-refractivity contribution in [1.29, 1.82) is 5.26 Å². The predicted octanol–water partition coefficient (Wildman–Crippen LogP) is 4.41. The molecular formula is C16H12BrN3. The van der Waals surface area contributed by atoms with Crippen LogP contribution in [-0.4, -0.2) is 4.98 Å². The Balaban J connectivity index is 1.80. The van der Waals surface area contributed by atoms with E-state index in [-0.39, 0.29) is 0 Å². The molecule has 0 unspecified atom stereocenters. The second-order valence-electron chi connectivity index (χ2n) is 4.55. The smallest absolute Gasteiger partial charge is 0.101 e. The maximum absolute atomic E-state index is 9.14. The first kappa shape index (κ1) is 12.8. The number of aromatic amines is 1. The summed E-state index contributed by atoms with van der Waals surface area (Å²) in [5.41, 5.74) is 3.81. The van der Waals surface area contributed by atoms with E-state index >= 15 is 0 Å². The summed E-state index contributed by atoms with van der Waals surface area (Å²) in [6.45, 7) is 0.692. The van der Waals surface area contributed by atoms with Crippen LogP contribution in [0.1, 0.15) is 11.1 Å². The van der Waals surface area contributed by atoms with Gasteiger partial charge < -0.3 is 10.3 Å². The SMILES string of the molecule is N#Cc1cc(Br)ccc1NCc1ccc2[nH]ccc2c1. The van der Waals surface area contributed by atoms with Gasteiger partial charge in [0.1, 0.15) is 6.07 Å². The van der Waals surface area contributed by atoms with Crippen LogP contribution in [0, 0.1) is 11.3 Å². The van der Waals surface area contributed by atoms with Crippen LogP contribution in [0.15, 0.2) is 53.1 Å². The zero-order valence-electron chi connectivity index (χ0n) is 10.7. The molecule has 0 saturated heterocycles. The van der Waals surface area contributed by atoms with Gasteiger partial charge in [-0.25, -0.2) is 0 Å². The Morgan fingerprint density at radius 1 is 1.15 bits per heavy atom. The second kappa shape index (κ2) is 5.40. The number of anilines is 1. The summed E-state index contributed by atoms with van der Waals surface area (Å²) in [7, 11) is 0.